The van der Waals surface area contributed by atoms with Crippen molar-refractivity contribution in [1.29, 1.82) is 0 Å². The third-order valence-electron chi connectivity index (χ3n) is 2.62. The number of halogens is 2. The molecule has 0 bridgehead atoms. The highest BCUT2D eigenvalue weighted by Gasteiger charge is 2.10. The molecule has 0 atom stereocenters. The second kappa shape index (κ2) is 5.04. The van der Waals surface area contributed by atoms with Crippen LogP contribution in [-0.4, -0.2) is 0 Å². The smallest absolute Gasteiger partial charge is 0.156 e. The quantitative estimate of drug-likeness (QED) is 0.837. The number of ether oxygens (including phenoxy) is 1. The molecule has 0 saturated carbocycles. The van der Waals surface area contributed by atoms with Gasteiger partial charge in [-0.1, -0.05) is 19.1 Å². The first kappa shape index (κ1) is 12.4. The van der Waals surface area contributed by atoms with Crippen molar-refractivity contribution in [2.45, 2.75) is 13.3 Å². The molecule has 0 spiro atoms. The lowest BCUT2D eigenvalue weighted by molar-refractivity contribution is 0.472. The van der Waals surface area contributed by atoms with Gasteiger partial charge in [0.1, 0.15) is 17.3 Å². The van der Waals surface area contributed by atoms with Gasteiger partial charge in [0.25, 0.3) is 0 Å². The summed E-state index contributed by atoms with van der Waals surface area (Å²) in [6.45, 7) is 2.04. The maximum Gasteiger partial charge on any atom is 0.156 e. The molecule has 0 heterocycles. The molecule has 0 radical (unpaired) electrons. The SMILES string of the molecule is CCc1ccc(Oc2cc(F)cc(F)c2N)cc1. The third kappa shape index (κ3) is 2.59. The van der Waals surface area contributed by atoms with E-state index in [1.807, 2.05) is 19.1 Å². The highest BCUT2D eigenvalue weighted by Crippen LogP contribution is 2.30. The molecule has 18 heavy (non-hydrogen) atoms. The van der Waals surface area contributed by atoms with E-state index in [-0.39, 0.29) is 11.4 Å². The van der Waals surface area contributed by atoms with Crippen LogP contribution in [-0.2, 0) is 6.42 Å². The topological polar surface area (TPSA) is 35.2 Å². The van der Waals surface area contributed by atoms with Gasteiger partial charge in [-0.2, -0.15) is 0 Å². The van der Waals surface area contributed by atoms with Crippen molar-refractivity contribution in [2.75, 3.05) is 5.73 Å². The van der Waals surface area contributed by atoms with E-state index in [1.165, 1.54) is 0 Å². The molecule has 0 aliphatic heterocycles. The van der Waals surface area contributed by atoms with E-state index in [2.05, 4.69) is 0 Å². The van der Waals surface area contributed by atoms with Crippen LogP contribution in [0, 0.1) is 11.6 Å². The van der Waals surface area contributed by atoms with Gasteiger partial charge in [-0.3, -0.25) is 0 Å². The van der Waals surface area contributed by atoms with Crippen molar-refractivity contribution in [3.63, 3.8) is 0 Å². The fourth-order valence-corrected chi connectivity index (χ4v) is 1.57. The third-order valence-corrected chi connectivity index (χ3v) is 2.62. The van der Waals surface area contributed by atoms with E-state index in [9.17, 15) is 8.78 Å². The Morgan fingerprint density at radius 1 is 1.11 bits per heavy atom. The molecule has 2 aromatic rings. The summed E-state index contributed by atoms with van der Waals surface area (Å²) in [5, 5.41) is 0. The summed E-state index contributed by atoms with van der Waals surface area (Å²) in [5.41, 5.74) is 6.44. The highest BCUT2D eigenvalue weighted by molar-refractivity contribution is 5.55. The molecule has 0 fully saturated rings. The molecule has 0 saturated heterocycles. The van der Waals surface area contributed by atoms with Gasteiger partial charge in [0.2, 0.25) is 0 Å². The number of nitrogen functional groups attached to an aromatic ring is 1. The van der Waals surface area contributed by atoms with Gasteiger partial charge in [0, 0.05) is 12.1 Å². The Kier molecular flexibility index (Phi) is 3.46. The lowest BCUT2D eigenvalue weighted by atomic mass is 10.2. The largest absolute Gasteiger partial charge is 0.455 e. The van der Waals surface area contributed by atoms with Gasteiger partial charge in [-0.15, -0.1) is 0 Å². The predicted molar refractivity (Wildman–Crippen MR) is 66.7 cm³/mol. The van der Waals surface area contributed by atoms with Crippen molar-refractivity contribution >= 4 is 5.69 Å². The van der Waals surface area contributed by atoms with Gasteiger partial charge in [0.05, 0.1) is 0 Å². The molecule has 0 amide bonds. The van der Waals surface area contributed by atoms with Crippen molar-refractivity contribution < 1.29 is 13.5 Å². The van der Waals surface area contributed by atoms with Crippen LogP contribution in [0.15, 0.2) is 36.4 Å². The minimum Gasteiger partial charge on any atom is -0.455 e. The molecule has 2 N–H and O–H groups in total. The summed E-state index contributed by atoms with van der Waals surface area (Å²) >= 11 is 0. The molecule has 2 rings (SSSR count). The summed E-state index contributed by atoms with van der Waals surface area (Å²) in [5.74, 6) is -1.07. The van der Waals surface area contributed by atoms with E-state index in [0.717, 1.165) is 24.1 Å². The van der Waals surface area contributed by atoms with Crippen molar-refractivity contribution in [2.24, 2.45) is 0 Å². The zero-order valence-electron chi connectivity index (χ0n) is 9.91. The predicted octanol–water partition coefficient (Wildman–Crippen LogP) is 3.90. The van der Waals surface area contributed by atoms with Crippen molar-refractivity contribution in [3.05, 3.63) is 53.6 Å². The first-order valence-corrected chi connectivity index (χ1v) is 5.61. The molecule has 2 nitrogen and oxygen atoms in total. The molecule has 4 heteroatoms. The second-order valence-corrected chi connectivity index (χ2v) is 3.90. The van der Waals surface area contributed by atoms with Gasteiger partial charge in [-0.05, 0) is 24.1 Å². The second-order valence-electron chi connectivity index (χ2n) is 3.90. The number of nitrogens with two attached hydrogens (primary N) is 1. The summed E-state index contributed by atoms with van der Waals surface area (Å²) in [4.78, 5) is 0. The minimum atomic E-state index is -0.824. The first-order chi connectivity index (χ1) is 8.60. The van der Waals surface area contributed by atoms with Crippen LogP contribution in [0.1, 0.15) is 12.5 Å². The fourth-order valence-electron chi connectivity index (χ4n) is 1.57. The number of anilines is 1. The zero-order chi connectivity index (χ0) is 13.1. The van der Waals surface area contributed by atoms with E-state index in [4.69, 9.17) is 10.5 Å². The van der Waals surface area contributed by atoms with Crippen LogP contribution in [0.4, 0.5) is 14.5 Å². The average Bonchev–Trinajstić information content (AvgIpc) is 2.36. The number of aryl methyl sites for hydroxylation is 1. The first-order valence-electron chi connectivity index (χ1n) is 5.61. The summed E-state index contributed by atoms with van der Waals surface area (Å²) in [6, 6.07) is 9.04. The molecule has 94 valence electrons. The molecule has 0 aliphatic carbocycles. The van der Waals surface area contributed by atoms with Crippen molar-refractivity contribution in [1.82, 2.24) is 0 Å². The molecular formula is C14H13F2NO. The molecular weight excluding hydrogens is 236 g/mol. The fraction of sp³-hybridized carbons (Fsp3) is 0.143. The zero-order valence-corrected chi connectivity index (χ0v) is 9.91. The van der Waals surface area contributed by atoms with Gasteiger partial charge >= 0.3 is 0 Å². The number of hydrogen-bond donors (Lipinski definition) is 1. The van der Waals surface area contributed by atoms with E-state index >= 15 is 0 Å². The van der Waals surface area contributed by atoms with E-state index < -0.39 is 11.6 Å². The summed E-state index contributed by atoms with van der Waals surface area (Å²) in [6.07, 6.45) is 0.914. The minimum absolute atomic E-state index is 0.0169. The Morgan fingerprint density at radius 3 is 2.39 bits per heavy atom. The molecule has 0 unspecified atom stereocenters. The molecule has 0 aliphatic rings. The van der Waals surface area contributed by atoms with E-state index in [1.54, 1.807) is 12.1 Å². The molecule has 0 aromatic heterocycles. The number of hydrogen-bond acceptors (Lipinski definition) is 2. The van der Waals surface area contributed by atoms with Crippen LogP contribution >= 0.6 is 0 Å². The lowest BCUT2D eigenvalue weighted by Gasteiger charge is -2.09. The Bertz CT molecular complexity index is 552. The van der Waals surface area contributed by atoms with Crippen molar-refractivity contribution in [3.8, 4) is 11.5 Å². The highest BCUT2D eigenvalue weighted by atomic mass is 19.1. The summed E-state index contributed by atoms with van der Waals surface area (Å²) in [7, 11) is 0. The van der Waals surface area contributed by atoms with E-state index in [0.29, 0.717) is 5.75 Å². The Morgan fingerprint density at radius 2 is 1.78 bits per heavy atom. The Labute approximate surface area is 104 Å². The van der Waals surface area contributed by atoms with Gasteiger partial charge in [0.15, 0.2) is 11.6 Å². The average molecular weight is 249 g/mol. The Hall–Kier alpha value is -2.10. The lowest BCUT2D eigenvalue weighted by Crippen LogP contribution is -1.97. The maximum atomic E-state index is 13.2. The van der Waals surface area contributed by atoms with Crippen LogP contribution in [0.2, 0.25) is 0 Å². The van der Waals surface area contributed by atoms with Crippen LogP contribution in [0.5, 0.6) is 11.5 Å². The molecule has 2 aromatic carbocycles. The monoisotopic (exact) mass is 249 g/mol. The standard InChI is InChI=1S/C14H13F2NO/c1-2-9-3-5-11(6-4-9)18-13-8-10(15)7-12(16)14(13)17/h3-8H,2,17H2,1H3. The Balaban J connectivity index is 2.27. The van der Waals surface area contributed by atoms with Crippen LogP contribution < -0.4 is 10.5 Å². The van der Waals surface area contributed by atoms with Gasteiger partial charge in [-0.25, -0.2) is 8.78 Å². The van der Waals surface area contributed by atoms with Gasteiger partial charge < -0.3 is 10.5 Å². The number of rotatable bonds is 3. The maximum absolute atomic E-state index is 13.2. The van der Waals surface area contributed by atoms with Crippen LogP contribution in [0.25, 0.3) is 0 Å². The number of benzene rings is 2. The van der Waals surface area contributed by atoms with Crippen LogP contribution in [0.3, 0.4) is 0 Å². The summed E-state index contributed by atoms with van der Waals surface area (Å²) < 4.78 is 31.6. The normalized spacial score (nSPS) is 10.4.